The number of nitrogens with zero attached hydrogens (tertiary/aromatic N) is 5. The zero-order chi connectivity index (χ0) is 43.9. The van der Waals surface area contributed by atoms with E-state index in [2.05, 4.69) is 25.3 Å². The highest BCUT2D eigenvalue weighted by molar-refractivity contribution is 7.22. The normalized spacial score (nSPS) is 16.4. The Bertz CT molecular complexity index is 2590. The molecule has 0 bridgehead atoms. The lowest BCUT2D eigenvalue weighted by Crippen LogP contribution is -2.23. The quantitative estimate of drug-likeness (QED) is 0.129. The summed E-state index contributed by atoms with van der Waals surface area (Å²) in [5, 5.41) is 12.7. The van der Waals surface area contributed by atoms with Gasteiger partial charge in [0, 0.05) is 70.3 Å². The Kier molecular flexibility index (Phi) is 13.9. The number of carboxylic acid groups (broad SMARTS) is 1. The zero-order valence-corrected chi connectivity index (χ0v) is 36.7. The zero-order valence-electron chi connectivity index (χ0n) is 35.1. The van der Waals surface area contributed by atoms with Crippen molar-refractivity contribution in [2.24, 2.45) is 0 Å². The SMILES string of the molecule is COc1ncc(C2CCOCC2)c2sc(N)nc12.COc1ncc(C2CCOCC2)c2sc(NC(=O)c3ccc(CN4CCCC4=O)cc3)nc12.O=C(O)c1ccc2c(c1)CCO2. The van der Waals surface area contributed by atoms with Crippen LogP contribution in [0.4, 0.5) is 10.3 Å². The topological polar surface area (TPSA) is 210 Å². The van der Waals surface area contributed by atoms with Crippen LogP contribution in [0.2, 0.25) is 0 Å². The first-order chi connectivity index (χ1) is 30.7. The minimum Gasteiger partial charge on any atom is -0.493 e. The van der Waals surface area contributed by atoms with Gasteiger partial charge in [-0.05, 0) is 96.5 Å². The van der Waals surface area contributed by atoms with E-state index < -0.39 is 5.97 Å². The van der Waals surface area contributed by atoms with E-state index in [-0.39, 0.29) is 11.8 Å². The van der Waals surface area contributed by atoms with Gasteiger partial charge in [-0.3, -0.25) is 14.9 Å². The number of anilines is 2. The van der Waals surface area contributed by atoms with Crippen LogP contribution in [0.5, 0.6) is 17.5 Å². The molecule has 0 radical (unpaired) electrons. The number of pyridine rings is 2. The number of carboxylic acids is 1. The van der Waals surface area contributed by atoms with E-state index in [0.717, 1.165) is 109 Å². The molecule has 330 valence electrons. The summed E-state index contributed by atoms with van der Waals surface area (Å²) in [7, 11) is 3.18. The maximum absolute atomic E-state index is 12.9. The van der Waals surface area contributed by atoms with Crippen molar-refractivity contribution >= 4 is 71.2 Å². The van der Waals surface area contributed by atoms with E-state index >= 15 is 0 Å². The number of nitrogens with one attached hydrogen (secondary N) is 1. The molecular weight excluding hydrogens is 847 g/mol. The minimum atomic E-state index is -0.885. The van der Waals surface area contributed by atoms with Gasteiger partial charge in [-0.15, -0.1) is 0 Å². The predicted molar refractivity (Wildman–Crippen MR) is 240 cm³/mol. The average Bonchev–Trinajstić information content (AvgIpc) is 4.14. The summed E-state index contributed by atoms with van der Waals surface area (Å²) < 4.78 is 28.9. The number of aromatic carboxylic acids is 1. The second-order valence-electron chi connectivity index (χ2n) is 15.4. The Hall–Kier alpha value is -5.95. The number of ether oxygens (including phenoxy) is 5. The van der Waals surface area contributed by atoms with Crippen molar-refractivity contribution in [3.8, 4) is 17.5 Å². The number of nitrogens with two attached hydrogens (primary N) is 1. The molecule has 2 amide bonds. The minimum absolute atomic E-state index is 0.192. The summed E-state index contributed by atoms with van der Waals surface area (Å²) in [6.45, 7) is 5.15. The highest BCUT2D eigenvalue weighted by atomic mass is 32.1. The van der Waals surface area contributed by atoms with Crippen molar-refractivity contribution in [2.75, 3.05) is 64.8 Å². The number of nitrogen functional groups attached to an aromatic ring is 1. The van der Waals surface area contributed by atoms with E-state index in [1.807, 2.05) is 29.4 Å². The van der Waals surface area contributed by atoms with Crippen LogP contribution in [0.15, 0.2) is 54.9 Å². The van der Waals surface area contributed by atoms with Crippen molar-refractivity contribution < 1.29 is 43.2 Å². The van der Waals surface area contributed by atoms with E-state index in [1.165, 1.54) is 28.2 Å². The monoisotopic (exact) mass is 895 g/mol. The Labute approximate surface area is 371 Å². The Morgan fingerprint density at radius 3 is 2.02 bits per heavy atom. The standard InChI is InChI=1S/C24H26N4O4S.C12H15N3O2S.C9H8O3/c1-31-23-20-21(18(13-25-23)16-8-11-32-12-9-16)33-24(26-20)27-22(30)17-6-4-15(5-7-17)14-28-10-2-3-19(28)29;1-16-11-9-10(18-12(13)15-9)8(6-14-11)7-2-4-17-5-3-7;10-9(11)7-1-2-8-6(5-7)3-4-12-8/h4-7,13,16H,2-3,8-12,14H2,1H3,(H,26,27,30);6-7H,2-5H2,1H3,(H2,13,15);1-2,5H,3-4H2,(H,10,11). The van der Waals surface area contributed by atoms with E-state index in [1.54, 1.807) is 44.6 Å². The molecule has 0 atom stereocenters. The van der Waals surface area contributed by atoms with Crippen molar-refractivity contribution in [3.63, 3.8) is 0 Å². The molecule has 0 aliphatic carbocycles. The molecule has 0 unspecified atom stereocenters. The molecular formula is C45H49N7O9S2. The summed E-state index contributed by atoms with van der Waals surface area (Å²) in [6, 6.07) is 12.3. The summed E-state index contributed by atoms with van der Waals surface area (Å²) in [6.07, 6.45) is 10.1. The van der Waals surface area contributed by atoms with Crippen LogP contribution < -0.4 is 25.3 Å². The highest BCUT2D eigenvalue weighted by Crippen LogP contribution is 2.40. The van der Waals surface area contributed by atoms with Crippen molar-refractivity contribution in [1.29, 1.82) is 0 Å². The number of hydrogen-bond acceptors (Lipinski definition) is 15. The molecule has 10 rings (SSSR count). The Balaban J connectivity index is 0.000000150. The van der Waals surface area contributed by atoms with E-state index in [0.29, 0.717) is 70.1 Å². The summed E-state index contributed by atoms with van der Waals surface area (Å²) in [4.78, 5) is 54.8. The second-order valence-corrected chi connectivity index (χ2v) is 17.5. The first-order valence-corrected chi connectivity index (χ1v) is 22.6. The molecule has 0 saturated carbocycles. The van der Waals surface area contributed by atoms with Gasteiger partial charge in [0.2, 0.25) is 17.7 Å². The molecule has 4 N–H and O–H groups in total. The highest BCUT2D eigenvalue weighted by Gasteiger charge is 2.25. The fourth-order valence-corrected chi connectivity index (χ4v) is 10.1. The molecule has 3 saturated heterocycles. The smallest absolute Gasteiger partial charge is 0.335 e. The number of thiazole rings is 2. The molecule has 4 aromatic heterocycles. The van der Waals surface area contributed by atoms with Crippen LogP contribution in [0, 0.1) is 0 Å². The second kappa shape index (κ2) is 20.0. The molecule has 0 spiro atoms. The number of fused-ring (bicyclic) bond motifs is 3. The first-order valence-electron chi connectivity index (χ1n) is 20.9. The van der Waals surface area contributed by atoms with Gasteiger partial charge >= 0.3 is 5.97 Å². The molecule has 18 heteroatoms. The average molecular weight is 896 g/mol. The fraction of sp³-hybridized carbons (Fsp3) is 0.400. The van der Waals surface area contributed by atoms with Gasteiger partial charge < -0.3 is 39.4 Å². The number of hydrogen-bond donors (Lipinski definition) is 3. The number of benzene rings is 2. The lowest BCUT2D eigenvalue weighted by Gasteiger charge is -2.22. The van der Waals surface area contributed by atoms with Gasteiger partial charge in [-0.2, -0.15) is 0 Å². The summed E-state index contributed by atoms with van der Waals surface area (Å²) in [5.74, 6) is 1.75. The van der Waals surface area contributed by atoms with Crippen LogP contribution in [0.3, 0.4) is 0 Å². The third-order valence-corrected chi connectivity index (χ3v) is 13.4. The fourth-order valence-electron chi connectivity index (χ4n) is 8.13. The largest absolute Gasteiger partial charge is 0.493 e. The number of carbonyl (C=O) groups is 3. The Morgan fingerprint density at radius 2 is 1.43 bits per heavy atom. The third-order valence-electron chi connectivity index (χ3n) is 11.5. The van der Waals surface area contributed by atoms with Crippen molar-refractivity contribution in [1.82, 2.24) is 24.8 Å². The van der Waals surface area contributed by atoms with E-state index in [9.17, 15) is 14.4 Å². The van der Waals surface area contributed by atoms with Gasteiger partial charge in [0.1, 0.15) is 16.8 Å². The Morgan fingerprint density at radius 1 is 0.825 bits per heavy atom. The van der Waals surface area contributed by atoms with Crippen LogP contribution >= 0.6 is 22.7 Å². The molecule has 3 fully saturated rings. The molecule has 6 aromatic rings. The van der Waals surface area contributed by atoms with Gasteiger partial charge in [0.05, 0.1) is 35.8 Å². The molecule has 8 heterocycles. The molecule has 63 heavy (non-hydrogen) atoms. The number of carbonyl (C=O) groups excluding carboxylic acids is 2. The van der Waals surface area contributed by atoms with Crippen LogP contribution in [0.25, 0.3) is 20.4 Å². The molecule has 2 aromatic carbocycles. The van der Waals surface area contributed by atoms with Gasteiger partial charge in [0.25, 0.3) is 5.91 Å². The van der Waals surface area contributed by atoms with Gasteiger partial charge in [0.15, 0.2) is 10.3 Å². The van der Waals surface area contributed by atoms with Crippen molar-refractivity contribution in [2.45, 2.75) is 63.3 Å². The summed E-state index contributed by atoms with van der Waals surface area (Å²) >= 11 is 2.95. The number of methoxy groups -OCH3 is 2. The van der Waals surface area contributed by atoms with Crippen LogP contribution in [0.1, 0.15) is 93.3 Å². The lowest BCUT2D eigenvalue weighted by molar-refractivity contribution is -0.128. The predicted octanol–water partition coefficient (Wildman–Crippen LogP) is 7.46. The number of likely N-dealkylation sites (tertiary alicyclic amines) is 1. The molecule has 4 aliphatic heterocycles. The number of aromatic nitrogens is 4. The third kappa shape index (κ3) is 10.1. The number of amides is 2. The van der Waals surface area contributed by atoms with Crippen LogP contribution in [-0.2, 0) is 27.2 Å². The van der Waals surface area contributed by atoms with Crippen molar-refractivity contribution in [3.05, 3.63) is 88.2 Å². The lowest BCUT2D eigenvalue weighted by atomic mass is 9.93. The molecule has 4 aliphatic rings. The first kappa shape index (κ1) is 43.7. The number of rotatable bonds is 9. The maximum Gasteiger partial charge on any atom is 0.335 e. The molecule has 16 nitrogen and oxygen atoms in total. The summed E-state index contributed by atoms with van der Waals surface area (Å²) in [5.41, 5.74) is 12.5. The van der Waals surface area contributed by atoms with Crippen LogP contribution in [-0.4, -0.2) is 102 Å². The van der Waals surface area contributed by atoms with Gasteiger partial charge in [-0.1, -0.05) is 34.8 Å². The maximum atomic E-state index is 12.9. The van der Waals surface area contributed by atoms with E-state index in [4.69, 9.17) is 34.5 Å². The van der Waals surface area contributed by atoms with Gasteiger partial charge in [-0.25, -0.2) is 24.7 Å².